The third-order valence-corrected chi connectivity index (χ3v) is 4.62. The van der Waals surface area contributed by atoms with E-state index >= 15 is 0 Å². The van der Waals surface area contributed by atoms with Crippen LogP contribution in [0.15, 0.2) is 29.4 Å². The summed E-state index contributed by atoms with van der Waals surface area (Å²) in [6, 6.07) is 7.14. The van der Waals surface area contributed by atoms with E-state index in [1.54, 1.807) is 18.3 Å². The van der Waals surface area contributed by atoms with Gasteiger partial charge in [0, 0.05) is 20.1 Å². The number of nitrogens with zero attached hydrogens (tertiary/aromatic N) is 4. The number of ether oxygens (including phenoxy) is 2. The molecule has 2 heterocycles. The molecule has 0 N–H and O–H groups in total. The predicted octanol–water partition coefficient (Wildman–Crippen LogP) is 3.07. The molecule has 0 spiro atoms. The van der Waals surface area contributed by atoms with Crippen LogP contribution in [0.3, 0.4) is 0 Å². The summed E-state index contributed by atoms with van der Waals surface area (Å²) in [4.78, 5) is 19.8. The standard InChI is InChI=1S/C22H30N4O4/c1-16-19(20(25(5)24-16)26-10-12-28-13-11-26)14-23-29-15-17-6-8-18(9-7-17)21(27)30-22(2,3)4/h6-9,14H,10-13,15H2,1-5H3/b23-14+. The van der Waals surface area contributed by atoms with Gasteiger partial charge in [0.1, 0.15) is 18.0 Å². The Labute approximate surface area is 177 Å². The minimum atomic E-state index is -0.516. The molecule has 0 atom stereocenters. The molecular formula is C22H30N4O4. The molecule has 0 radical (unpaired) electrons. The van der Waals surface area contributed by atoms with Crippen LogP contribution >= 0.6 is 0 Å². The van der Waals surface area contributed by atoms with E-state index in [1.807, 2.05) is 51.6 Å². The molecule has 0 aliphatic carbocycles. The van der Waals surface area contributed by atoms with Crippen molar-refractivity contribution < 1.29 is 19.1 Å². The number of anilines is 1. The topological polar surface area (TPSA) is 78.2 Å². The first-order valence-corrected chi connectivity index (χ1v) is 10.1. The molecule has 1 aliphatic rings. The average molecular weight is 415 g/mol. The van der Waals surface area contributed by atoms with Crippen LogP contribution in [0.4, 0.5) is 5.82 Å². The lowest BCUT2D eigenvalue weighted by Crippen LogP contribution is -2.37. The molecule has 0 bridgehead atoms. The van der Waals surface area contributed by atoms with Crippen molar-refractivity contribution in [2.75, 3.05) is 31.2 Å². The zero-order valence-electron chi connectivity index (χ0n) is 18.3. The predicted molar refractivity (Wildman–Crippen MR) is 115 cm³/mol. The van der Waals surface area contributed by atoms with E-state index in [1.165, 1.54) is 0 Å². The summed E-state index contributed by atoms with van der Waals surface area (Å²) in [7, 11) is 1.93. The molecule has 8 nitrogen and oxygen atoms in total. The van der Waals surface area contributed by atoms with E-state index in [2.05, 4.69) is 15.2 Å². The number of carbonyl (C=O) groups excluding carboxylic acids is 1. The fourth-order valence-electron chi connectivity index (χ4n) is 3.24. The van der Waals surface area contributed by atoms with Gasteiger partial charge in [-0.2, -0.15) is 5.10 Å². The Balaban J connectivity index is 1.60. The van der Waals surface area contributed by atoms with Gasteiger partial charge in [-0.05, 0) is 45.4 Å². The van der Waals surface area contributed by atoms with Crippen LogP contribution in [0.1, 0.15) is 48.0 Å². The van der Waals surface area contributed by atoms with Gasteiger partial charge in [0.2, 0.25) is 0 Å². The maximum absolute atomic E-state index is 12.1. The number of morpholine rings is 1. The van der Waals surface area contributed by atoms with Gasteiger partial charge < -0.3 is 19.2 Å². The van der Waals surface area contributed by atoms with Crippen LogP contribution in [0, 0.1) is 6.92 Å². The lowest BCUT2D eigenvalue weighted by Gasteiger charge is -2.29. The third kappa shape index (κ3) is 5.60. The molecule has 0 amide bonds. The molecule has 0 saturated carbocycles. The van der Waals surface area contributed by atoms with Gasteiger partial charge in [-0.15, -0.1) is 0 Å². The number of aryl methyl sites for hydroxylation is 2. The molecule has 3 rings (SSSR count). The van der Waals surface area contributed by atoms with Gasteiger partial charge in [0.15, 0.2) is 0 Å². The second-order valence-electron chi connectivity index (χ2n) is 8.25. The first-order chi connectivity index (χ1) is 14.2. The molecular weight excluding hydrogens is 384 g/mol. The summed E-state index contributed by atoms with van der Waals surface area (Å²) in [6.07, 6.45) is 1.71. The Morgan fingerprint density at radius 2 is 1.90 bits per heavy atom. The second kappa shape index (κ2) is 9.30. The summed E-state index contributed by atoms with van der Waals surface area (Å²) in [5, 5.41) is 8.66. The number of esters is 1. The number of rotatable bonds is 6. The van der Waals surface area contributed by atoms with Crippen LogP contribution < -0.4 is 4.90 Å². The highest BCUT2D eigenvalue weighted by atomic mass is 16.6. The van der Waals surface area contributed by atoms with Crippen LogP contribution in [0.25, 0.3) is 0 Å². The smallest absolute Gasteiger partial charge is 0.338 e. The highest BCUT2D eigenvalue weighted by Gasteiger charge is 2.20. The molecule has 1 fully saturated rings. The molecule has 1 aliphatic heterocycles. The van der Waals surface area contributed by atoms with E-state index in [0.717, 1.165) is 35.7 Å². The minimum Gasteiger partial charge on any atom is -0.456 e. The highest BCUT2D eigenvalue weighted by molar-refractivity contribution is 5.89. The normalized spacial score (nSPS) is 14.9. The maximum atomic E-state index is 12.1. The number of carbonyl (C=O) groups is 1. The number of hydrogen-bond donors (Lipinski definition) is 0. The molecule has 1 aromatic heterocycles. The summed E-state index contributed by atoms with van der Waals surface area (Å²) >= 11 is 0. The lowest BCUT2D eigenvalue weighted by molar-refractivity contribution is 0.00694. The van der Waals surface area contributed by atoms with Gasteiger partial charge in [0.25, 0.3) is 0 Å². The Kier molecular flexibility index (Phi) is 6.77. The van der Waals surface area contributed by atoms with Crippen molar-refractivity contribution in [2.45, 2.75) is 39.9 Å². The van der Waals surface area contributed by atoms with Crippen LogP contribution in [0.5, 0.6) is 0 Å². The Morgan fingerprint density at radius 1 is 1.23 bits per heavy atom. The SMILES string of the molecule is Cc1nn(C)c(N2CCOCC2)c1/C=N/OCc1ccc(C(=O)OC(C)(C)C)cc1. The quantitative estimate of drug-likeness (QED) is 0.411. The monoisotopic (exact) mass is 414 g/mol. The highest BCUT2D eigenvalue weighted by Crippen LogP contribution is 2.22. The van der Waals surface area contributed by atoms with Gasteiger partial charge in [0.05, 0.1) is 36.2 Å². The zero-order chi connectivity index (χ0) is 21.7. The van der Waals surface area contributed by atoms with Crippen molar-refractivity contribution in [3.8, 4) is 0 Å². The number of oxime groups is 1. The second-order valence-corrected chi connectivity index (χ2v) is 8.25. The number of benzene rings is 1. The molecule has 0 unspecified atom stereocenters. The molecule has 1 saturated heterocycles. The van der Waals surface area contributed by atoms with Crippen LogP contribution in [0.2, 0.25) is 0 Å². The van der Waals surface area contributed by atoms with Gasteiger partial charge in [-0.25, -0.2) is 4.79 Å². The fourth-order valence-corrected chi connectivity index (χ4v) is 3.24. The summed E-state index contributed by atoms with van der Waals surface area (Å²) in [5.74, 6) is 0.681. The molecule has 30 heavy (non-hydrogen) atoms. The van der Waals surface area contributed by atoms with Crippen molar-refractivity contribution in [1.82, 2.24) is 9.78 Å². The summed E-state index contributed by atoms with van der Waals surface area (Å²) in [6.45, 7) is 10.9. The average Bonchev–Trinajstić information content (AvgIpc) is 2.98. The van der Waals surface area contributed by atoms with Crippen molar-refractivity contribution >= 4 is 18.0 Å². The van der Waals surface area contributed by atoms with Crippen LogP contribution in [-0.4, -0.2) is 53.9 Å². The number of hydrogen-bond acceptors (Lipinski definition) is 7. The zero-order valence-corrected chi connectivity index (χ0v) is 18.3. The Morgan fingerprint density at radius 3 is 2.53 bits per heavy atom. The van der Waals surface area contributed by atoms with E-state index in [4.69, 9.17) is 14.3 Å². The first kappa shape index (κ1) is 21.8. The van der Waals surface area contributed by atoms with E-state index < -0.39 is 5.60 Å². The van der Waals surface area contributed by atoms with Crippen molar-refractivity contribution in [3.05, 3.63) is 46.6 Å². The largest absolute Gasteiger partial charge is 0.456 e. The minimum absolute atomic E-state index is 0.303. The Bertz CT molecular complexity index is 891. The van der Waals surface area contributed by atoms with Gasteiger partial charge >= 0.3 is 5.97 Å². The van der Waals surface area contributed by atoms with E-state index in [9.17, 15) is 4.79 Å². The van der Waals surface area contributed by atoms with Crippen molar-refractivity contribution in [3.63, 3.8) is 0 Å². The van der Waals surface area contributed by atoms with Gasteiger partial charge in [-0.1, -0.05) is 17.3 Å². The molecule has 162 valence electrons. The Hall–Kier alpha value is -2.87. The van der Waals surface area contributed by atoms with Crippen LogP contribution in [-0.2, 0) is 28.0 Å². The van der Waals surface area contributed by atoms with E-state index in [-0.39, 0.29) is 5.97 Å². The fraction of sp³-hybridized carbons (Fsp3) is 0.500. The van der Waals surface area contributed by atoms with Crippen molar-refractivity contribution in [2.24, 2.45) is 12.2 Å². The third-order valence-electron chi connectivity index (χ3n) is 4.62. The number of aromatic nitrogens is 2. The van der Waals surface area contributed by atoms with E-state index in [0.29, 0.717) is 25.4 Å². The van der Waals surface area contributed by atoms with Gasteiger partial charge in [-0.3, -0.25) is 4.68 Å². The maximum Gasteiger partial charge on any atom is 0.338 e. The molecule has 2 aromatic rings. The molecule has 1 aromatic carbocycles. The van der Waals surface area contributed by atoms with Crippen molar-refractivity contribution in [1.29, 1.82) is 0 Å². The summed E-state index contributed by atoms with van der Waals surface area (Å²) < 4.78 is 12.7. The molecule has 8 heteroatoms. The summed E-state index contributed by atoms with van der Waals surface area (Å²) in [5.41, 5.74) is 2.75. The lowest BCUT2D eigenvalue weighted by atomic mass is 10.1. The first-order valence-electron chi connectivity index (χ1n) is 10.1.